The summed E-state index contributed by atoms with van der Waals surface area (Å²) < 4.78 is 34.5. The summed E-state index contributed by atoms with van der Waals surface area (Å²) in [5, 5.41) is 20.6. The number of nitrogens with zero attached hydrogens (tertiary/aromatic N) is 2. The summed E-state index contributed by atoms with van der Waals surface area (Å²) in [5.41, 5.74) is 0.397. The molecule has 0 spiro atoms. The number of carbonyl (C=O) groups is 1. The third-order valence-electron chi connectivity index (χ3n) is 4.48. The molecule has 3 rings (SSSR count). The number of sulfonamides is 1. The van der Waals surface area contributed by atoms with Crippen molar-refractivity contribution in [3.63, 3.8) is 0 Å². The third-order valence-corrected chi connectivity index (χ3v) is 6.74. The van der Waals surface area contributed by atoms with Gasteiger partial charge in [0.1, 0.15) is 16.4 Å². The molecular weight excluding hydrogens is 560 g/mol. The number of ether oxygens (including phenoxy) is 1. The first-order valence-electron chi connectivity index (χ1n) is 9.94. The molecule has 0 saturated heterocycles. The molecule has 9 nitrogen and oxygen atoms in total. The summed E-state index contributed by atoms with van der Waals surface area (Å²) >= 11 is 9.35. The van der Waals surface area contributed by atoms with Gasteiger partial charge in [-0.25, -0.2) is 8.42 Å². The standard InChI is InChI=1S/C23H20BrClN4O5S/c1-14(30)22(23(31)26-19-6-4-3-5-18(19)25)28-27-17-11-12-20(34-2)21(13-17)35(32,33)29-16-9-7-15(24)8-10-16/h3-13,29-30H,1-2H3,(H,26,31). The van der Waals surface area contributed by atoms with Gasteiger partial charge in [0.2, 0.25) is 0 Å². The number of halogens is 2. The molecule has 0 aliphatic heterocycles. The predicted octanol–water partition coefficient (Wildman–Crippen LogP) is 6.42. The number of allylic oxidation sites excluding steroid dienone is 1. The van der Waals surface area contributed by atoms with Crippen molar-refractivity contribution in [2.45, 2.75) is 11.8 Å². The first-order valence-corrected chi connectivity index (χ1v) is 12.6. The smallest absolute Gasteiger partial charge is 0.279 e. The highest BCUT2D eigenvalue weighted by atomic mass is 79.9. The van der Waals surface area contributed by atoms with Gasteiger partial charge in [0.05, 0.1) is 23.5 Å². The zero-order chi connectivity index (χ0) is 25.6. The third kappa shape index (κ3) is 6.81. The molecule has 0 aliphatic rings. The molecule has 1 amide bonds. The second-order valence-electron chi connectivity index (χ2n) is 7.02. The van der Waals surface area contributed by atoms with Gasteiger partial charge >= 0.3 is 0 Å². The van der Waals surface area contributed by atoms with Crippen LogP contribution in [0.3, 0.4) is 0 Å². The lowest BCUT2D eigenvalue weighted by molar-refractivity contribution is -0.113. The van der Waals surface area contributed by atoms with Gasteiger partial charge in [0.25, 0.3) is 15.9 Å². The fraction of sp³-hybridized carbons (Fsp3) is 0.0870. The molecule has 0 atom stereocenters. The van der Waals surface area contributed by atoms with E-state index in [2.05, 4.69) is 36.2 Å². The van der Waals surface area contributed by atoms with E-state index in [0.717, 1.165) is 4.47 Å². The van der Waals surface area contributed by atoms with E-state index in [4.69, 9.17) is 16.3 Å². The highest BCUT2D eigenvalue weighted by molar-refractivity contribution is 9.10. The number of benzene rings is 3. The van der Waals surface area contributed by atoms with Crippen LogP contribution >= 0.6 is 27.5 Å². The monoisotopic (exact) mass is 578 g/mol. The second kappa shape index (κ2) is 11.3. The molecule has 3 N–H and O–H groups in total. The summed E-state index contributed by atoms with van der Waals surface area (Å²) in [6.07, 6.45) is 0. The number of aliphatic hydroxyl groups is 1. The predicted molar refractivity (Wildman–Crippen MR) is 138 cm³/mol. The van der Waals surface area contributed by atoms with E-state index in [1.54, 1.807) is 48.5 Å². The van der Waals surface area contributed by atoms with Crippen LogP contribution in [0.4, 0.5) is 17.1 Å². The Hall–Kier alpha value is -3.41. The van der Waals surface area contributed by atoms with Gasteiger partial charge in [-0.3, -0.25) is 9.52 Å². The Morgan fingerprint density at radius 1 is 1.09 bits per heavy atom. The highest BCUT2D eigenvalue weighted by Crippen LogP contribution is 2.31. The topological polar surface area (TPSA) is 129 Å². The second-order valence-corrected chi connectivity index (χ2v) is 9.99. The Labute approximate surface area is 215 Å². The van der Waals surface area contributed by atoms with Crippen LogP contribution in [0.5, 0.6) is 5.75 Å². The van der Waals surface area contributed by atoms with Crippen molar-refractivity contribution in [2.75, 3.05) is 17.1 Å². The number of para-hydroxylation sites is 1. The largest absolute Gasteiger partial charge is 0.510 e. The van der Waals surface area contributed by atoms with Crippen molar-refractivity contribution >= 4 is 60.5 Å². The van der Waals surface area contributed by atoms with Crippen LogP contribution in [0.15, 0.2) is 97.8 Å². The van der Waals surface area contributed by atoms with Crippen LogP contribution in [0.25, 0.3) is 0 Å². The number of hydrogen-bond acceptors (Lipinski definition) is 7. The quantitative estimate of drug-likeness (QED) is 0.161. The molecule has 0 radical (unpaired) electrons. The number of carbonyl (C=O) groups excluding carboxylic acids is 1. The van der Waals surface area contributed by atoms with Gasteiger partial charge in [-0.15, -0.1) is 5.11 Å². The molecule has 3 aromatic rings. The van der Waals surface area contributed by atoms with E-state index in [0.29, 0.717) is 16.4 Å². The Balaban J connectivity index is 1.89. The fourth-order valence-electron chi connectivity index (χ4n) is 2.80. The Kier molecular flexibility index (Phi) is 8.49. The van der Waals surface area contributed by atoms with Gasteiger partial charge in [-0.2, -0.15) is 5.11 Å². The van der Waals surface area contributed by atoms with Crippen molar-refractivity contribution in [1.82, 2.24) is 0 Å². The molecule has 182 valence electrons. The average molecular weight is 580 g/mol. The minimum Gasteiger partial charge on any atom is -0.510 e. The lowest BCUT2D eigenvalue weighted by Gasteiger charge is -2.12. The van der Waals surface area contributed by atoms with Crippen LogP contribution in [-0.4, -0.2) is 26.5 Å². The zero-order valence-electron chi connectivity index (χ0n) is 18.5. The number of anilines is 2. The summed E-state index contributed by atoms with van der Waals surface area (Å²) in [4.78, 5) is 12.4. The molecule has 0 aliphatic carbocycles. The Bertz CT molecular complexity index is 1410. The summed E-state index contributed by atoms with van der Waals surface area (Å²) in [7, 11) is -2.72. The maximum atomic E-state index is 13.0. The lowest BCUT2D eigenvalue weighted by Crippen LogP contribution is -2.15. The SMILES string of the molecule is COc1ccc(N=NC(C(=O)Nc2ccccc2Cl)=C(C)O)cc1S(=O)(=O)Nc1ccc(Br)cc1. The minimum absolute atomic E-state index is 0.0825. The molecule has 3 aromatic carbocycles. The maximum absolute atomic E-state index is 13.0. The molecule has 0 bridgehead atoms. The average Bonchev–Trinajstić information content (AvgIpc) is 2.81. The van der Waals surface area contributed by atoms with Crippen molar-refractivity contribution in [1.29, 1.82) is 0 Å². The van der Waals surface area contributed by atoms with Crippen molar-refractivity contribution < 1.29 is 23.1 Å². The summed E-state index contributed by atoms with van der Waals surface area (Å²) in [6.45, 7) is 1.27. The van der Waals surface area contributed by atoms with E-state index in [1.165, 1.54) is 32.2 Å². The Morgan fingerprint density at radius 3 is 2.40 bits per heavy atom. The summed E-state index contributed by atoms with van der Waals surface area (Å²) in [5.74, 6) is -1.06. The normalized spacial score (nSPS) is 12.2. The van der Waals surface area contributed by atoms with Crippen molar-refractivity contribution in [2.24, 2.45) is 10.2 Å². The van der Waals surface area contributed by atoms with Crippen LogP contribution in [0.1, 0.15) is 6.92 Å². The number of azo groups is 1. The van der Waals surface area contributed by atoms with Gasteiger partial charge in [-0.05, 0) is 61.5 Å². The highest BCUT2D eigenvalue weighted by Gasteiger charge is 2.21. The molecule has 0 fully saturated rings. The van der Waals surface area contributed by atoms with Crippen LogP contribution in [-0.2, 0) is 14.8 Å². The van der Waals surface area contributed by atoms with Gasteiger partial charge in [0.15, 0.2) is 5.70 Å². The van der Waals surface area contributed by atoms with E-state index >= 15 is 0 Å². The van der Waals surface area contributed by atoms with E-state index in [1.807, 2.05) is 0 Å². The molecule has 35 heavy (non-hydrogen) atoms. The van der Waals surface area contributed by atoms with E-state index in [9.17, 15) is 18.3 Å². The number of amides is 1. The number of hydrogen-bond donors (Lipinski definition) is 3. The summed E-state index contributed by atoms with van der Waals surface area (Å²) in [6, 6.07) is 17.2. The number of aliphatic hydroxyl groups excluding tert-OH is 1. The molecule has 0 heterocycles. The number of rotatable bonds is 8. The molecule has 0 saturated carbocycles. The fourth-order valence-corrected chi connectivity index (χ4v) is 4.50. The van der Waals surface area contributed by atoms with Gasteiger partial charge < -0.3 is 15.2 Å². The number of methoxy groups -OCH3 is 1. The molecule has 12 heteroatoms. The molecule has 0 aromatic heterocycles. The zero-order valence-corrected chi connectivity index (χ0v) is 21.6. The first kappa shape index (κ1) is 26.2. The van der Waals surface area contributed by atoms with Gasteiger partial charge in [-0.1, -0.05) is 39.7 Å². The first-order chi connectivity index (χ1) is 16.6. The number of nitrogens with one attached hydrogen (secondary N) is 2. The van der Waals surface area contributed by atoms with Crippen molar-refractivity contribution in [3.8, 4) is 5.75 Å². The van der Waals surface area contributed by atoms with Crippen LogP contribution in [0, 0.1) is 0 Å². The van der Waals surface area contributed by atoms with E-state index < -0.39 is 21.7 Å². The lowest BCUT2D eigenvalue weighted by atomic mass is 10.3. The van der Waals surface area contributed by atoms with Crippen molar-refractivity contribution in [3.05, 3.63) is 87.7 Å². The maximum Gasteiger partial charge on any atom is 0.279 e. The molecule has 0 unspecified atom stereocenters. The minimum atomic E-state index is -4.06. The van der Waals surface area contributed by atoms with Gasteiger partial charge in [0, 0.05) is 10.2 Å². The molecular formula is C23H20BrClN4O5S. The van der Waals surface area contributed by atoms with E-state index in [-0.39, 0.29) is 22.0 Å². The van der Waals surface area contributed by atoms with Crippen LogP contribution < -0.4 is 14.8 Å². The Morgan fingerprint density at radius 2 is 1.77 bits per heavy atom. The van der Waals surface area contributed by atoms with Crippen LogP contribution in [0.2, 0.25) is 5.02 Å².